The first-order valence-electron chi connectivity index (χ1n) is 14.1. The minimum Gasteiger partial charge on any atom is -0.466 e. The Morgan fingerprint density at radius 2 is 1.83 bits per heavy atom. The Bertz CT molecular complexity index is 1470. The van der Waals surface area contributed by atoms with Crippen molar-refractivity contribution in [1.29, 1.82) is 0 Å². The summed E-state index contributed by atoms with van der Waals surface area (Å²) in [5.41, 5.74) is 1.60. The molecule has 2 rings (SSSR count). The molecule has 0 aliphatic heterocycles. The molecule has 4 unspecified atom stereocenters. The minimum absolute atomic E-state index is 0.0744. The number of carbonyl (C=O) groups is 1. The van der Waals surface area contributed by atoms with Gasteiger partial charge in [-0.1, -0.05) is 26.0 Å². The number of aromatic nitrogens is 2. The van der Waals surface area contributed by atoms with E-state index in [1.54, 1.807) is 0 Å². The van der Waals surface area contributed by atoms with E-state index < -0.39 is 57.7 Å². The number of aliphatic hydroxyl groups is 2. The molecule has 0 radical (unpaired) electrons. The zero-order valence-corrected chi connectivity index (χ0v) is 26.8. The van der Waals surface area contributed by atoms with Crippen molar-refractivity contribution >= 4 is 28.0 Å². The van der Waals surface area contributed by atoms with Gasteiger partial charge in [-0.2, -0.15) is 0 Å². The molecular formula is C28H38FN5O11S. The van der Waals surface area contributed by atoms with E-state index in [1.807, 2.05) is 13.8 Å². The third kappa shape index (κ3) is 12.2. The number of halogens is 1. The molecule has 0 spiro atoms. The van der Waals surface area contributed by atoms with Crippen LogP contribution in [0.3, 0.4) is 0 Å². The molecule has 18 heteroatoms. The zero-order chi connectivity index (χ0) is 34.6. The first-order chi connectivity index (χ1) is 21.5. The number of anilines is 1. The van der Waals surface area contributed by atoms with Gasteiger partial charge in [0.15, 0.2) is 5.34 Å². The van der Waals surface area contributed by atoms with Crippen LogP contribution in [0.25, 0.3) is 17.3 Å². The van der Waals surface area contributed by atoms with Crippen molar-refractivity contribution in [3.63, 3.8) is 0 Å². The Morgan fingerprint density at radius 1 is 1.17 bits per heavy atom. The molecule has 16 nitrogen and oxygen atoms in total. The van der Waals surface area contributed by atoms with Gasteiger partial charge in [-0.05, 0) is 37.1 Å². The first-order valence-corrected chi connectivity index (χ1v) is 16.0. The van der Waals surface area contributed by atoms with Crippen molar-refractivity contribution in [1.82, 2.24) is 9.97 Å². The van der Waals surface area contributed by atoms with Crippen LogP contribution in [0.15, 0.2) is 35.7 Å². The Balaban J connectivity index is 2.16. The van der Waals surface area contributed by atoms with E-state index in [2.05, 4.69) is 25.0 Å². The van der Waals surface area contributed by atoms with E-state index in [0.29, 0.717) is 16.8 Å². The van der Waals surface area contributed by atoms with Gasteiger partial charge in [-0.3, -0.25) is 4.79 Å². The average Bonchev–Trinajstić information content (AvgIpc) is 2.94. The van der Waals surface area contributed by atoms with Gasteiger partial charge in [0.1, 0.15) is 18.0 Å². The fourth-order valence-electron chi connectivity index (χ4n) is 4.22. The number of ether oxygens (including phenoxy) is 1. The number of benzene rings is 1. The fourth-order valence-corrected chi connectivity index (χ4v) is 4.60. The van der Waals surface area contributed by atoms with Gasteiger partial charge in [-0.15, -0.1) is 15.0 Å². The lowest BCUT2D eigenvalue weighted by molar-refractivity contribution is -0.769. The van der Waals surface area contributed by atoms with Gasteiger partial charge in [-0.25, -0.2) is 27.1 Å². The van der Waals surface area contributed by atoms with Gasteiger partial charge in [0.25, 0.3) is 5.09 Å². The molecule has 0 amide bonds. The highest BCUT2D eigenvalue weighted by atomic mass is 32.2. The van der Waals surface area contributed by atoms with Crippen LogP contribution < -0.4 is 4.31 Å². The third-order valence-corrected chi connectivity index (χ3v) is 7.72. The van der Waals surface area contributed by atoms with Crippen molar-refractivity contribution < 1.29 is 47.3 Å². The summed E-state index contributed by atoms with van der Waals surface area (Å²) in [5, 5.41) is 33.0. The number of esters is 1. The summed E-state index contributed by atoms with van der Waals surface area (Å²) in [6.07, 6.45) is -1.49. The lowest BCUT2D eigenvalue weighted by Crippen LogP contribution is -2.27. The summed E-state index contributed by atoms with van der Waals surface area (Å²) in [6, 6.07) is 5.38. The van der Waals surface area contributed by atoms with Gasteiger partial charge in [0, 0.05) is 37.4 Å². The lowest BCUT2D eigenvalue weighted by Gasteiger charge is -2.20. The maximum atomic E-state index is 13.7. The van der Waals surface area contributed by atoms with Crippen molar-refractivity contribution in [2.45, 2.75) is 76.8 Å². The second-order valence-corrected chi connectivity index (χ2v) is 12.8. The van der Waals surface area contributed by atoms with Gasteiger partial charge >= 0.3 is 5.97 Å². The topological polar surface area (TPSA) is 221 Å². The second kappa shape index (κ2) is 17.4. The Kier molecular flexibility index (Phi) is 14.3. The molecule has 0 saturated carbocycles. The van der Waals surface area contributed by atoms with Crippen LogP contribution in [0, 0.1) is 20.8 Å². The summed E-state index contributed by atoms with van der Waals surface area (Å²) in [6.45, 7) is 4.81. The molecule has 254 valence electrons. The molecule has 1 aromatic carbocycles. The quantitative estimate of drug-likeness (QED) is 0.0948. The first kappa shape index (κ1) is 37.9. The van der Waals surface area contributed by atoms with Crippen LogP contribution >= 0.6 is 0 Å². The van der Waals surface area contributed by atoms with E-state index in [0.717, 1.165) is 10.6 Å². The molecule has 46 heavy (non-hydrogen) atoms. The predicted octanol–water partition coefficient (Wildman–Crippen LogP) is 3.30. The lowest BCUT2D eigenvalue weighted by atomic mass is 9.97. The normalized spacial score (nSPS) is 14.4. The van der Waals surface area contributed by atoms with Gasteiger partial charge < -0.3 is 24.6 Å². The number of nitrogens with zero attached hydrogens (tertiary/aromatic N) is 5. The summed E-state index contributed by atoms with van der Waals surface area (Å²) in [7, 11) is -2.41. The molecule has 2 aromatic rings. The number of sulfonamides is 1. The number of carbonyl (C=O) groups excluding carboxylic acids is 1. The highest BCUT2D eigenvalue weighted by molar-refractivity contribution is 7.92. The van der Waals surface area contributed by atoms with E-state index in [1.165, 1.54) is 50.4 Å². The third-order valence-electron chi connectivity index (χ3n) is 6.56. The van der Waals surface area contributed by atoms with Crippen LogP contribution in [0.2, 0.25) is 0 Å². The van der Waals surface area contributed by atoms with Crippen molar-refractivity contribution in [3.05, 3.63) is 62.4 Å². The maximum Gasteiger partial charge on any atom is 0.308 e. The van der Waals surface area contributed by atoms with E-state index in [9.17, 15) is 42.8 Å². The number of hydrogen-bond donors (Lipinski definition) is 2. The zero-order valence-electron chi connectivity index (χ0n) is 26.0. The Labute approximate surface area is 265 Å². The van der Waals surface area contributed by atoms with Gasteiger partial charge in [0.2, 0.25) is 16.0 Å². The number of rotatable bonds is 19. The second-order valence-electron chi connectivity index (χ2n) is 10.8. The fraction of sp³-hybridized carbons (Fsp3) is 0.536. The van der Waals surface area contributed by atoms with E-state index in [4.69, 9.17) is 4.74 Å². The number of aliphatic hydroxyl groups excluding tert-OH is 2. The molecule has 0 fully saturated rings. The molecule has 0 bridgehead atoms. The summed E-state index contributed by atoms with van der Waals surface area (Å²) < 4.78 is 44.1. The van der Waals surface area contributed by atoms with Crippen molar-refractivity contribution in [2.75, 3.05) is 24.2 Å². The SMILES string of the molecule is CC(CC(CCOC(=O)CC(O)CC(O)/C=C/c1c(-c2ccc(F)cc2)nc(N(C)S(C)(=O)=O)nc1C(C)C)O[N+](=O)[O-])ON=O. The van der Waals surface area contributed by atoms with E-state index >= 15 is 0 Å². The largest absolute Gasteiger partial charge is 0.466 e. The van der Waals surface area contributed by atoms with Crippen LogP contribution in [-0.4, -0.2) is 84.0 Å². The summed E-state index contributed by atoms with van der Waals surface area (Å²) in [4.78, 5) is 51.0. The average molecular weight is 672 g/mol. The highest BCUT2D eigenvalue weighted by Gasteiger charge is 2.23. The smallest absolute Gasteiger partial charge is 0.308 e. The summed E-state index contributed by atoms with van der Waals surface area (Å²) in [5.74, 6) is -1.66. The summed E-state index contributed by atoms with van der Waals surface area (Å²) >= 11 is 0. The predicted molar refractivity (Wildman–Crippen MR) is 163 cm³/mol. The molecule has 2 N–H and O–H groups in total. The van der Waals surface area contributed by atoms with Crippen LogP contribution in [-0.2, 0) is 29.2 Å². The minimum atomic E-state index is -3.72. The van der Waals surface area contributed by atoms with Crippen LogP contribution in [0.5, 0.6) is 0 Å². The maximum absolute atomic E-state index is 13.7. The molecule has 1 heterocycles. The van der Waals surface area contributed by atoms with Crippen molar-refractivity contribution in [2.24, 2.45) is 5.34 Å². The molecule has 1 aromatic heterocycles. The Morgan fingerprint density at radius 3 is 2.39 bits per heavy atom. The highest BCUT2D eigenvalue weighted by Crippen LogP contribution is 2.32. The molecule has 0 aliphatic carbocycles. The monoisotopic (exact) mass is 671 g/mol. The van der Waals surface area contributed by atoms with Crippen molar-refractivity contribution in [3.8, 4) is 11.3 Å². The Hall–Kier alpha value is -4.29. The van der Waals surface area contributed by atoms with Gasteiger partial charge in [0.05, 0.1) is 42.9 Å². The molecule has 4 atom stereocenters. The molecule has 0 aliphatic rings. The van der Waals surface area contributed by atoms with E-state index in [-0.39, 0.29) is 43.4 Å². The standard InChI is InChI=1S/C28H38FN5O11S/c1-17(2)26-24(27(19-6-8-20(29)9-7-19)31-28(30-26)33(4)46(5,41)42)11-10-21(35)15-22(36)16-25(37)43-13-12-23(45-34(39)40)14-18(3)44-32-38/h6-11,17-18,21-23,35-36H,12-16H2,1-5H3/b11-10+. The number of hydrogen-bond acceptors (Lipinski definition) is 14. The van der Waals surface area contributed by atoms with Crippen LogP contribution in [0.4, 0.5) is 10.3 Å². The molecule has 0 saturated heterocycles. The van der Waals surface area contributed by atoms with Crippen LogP contribution in [0.1, 0.15) is 63.6 Å². The molecular weight excluding hydrogens is 633 g/mol.